The SMILES string of the molecule is COc1cc(-c2cnc3cc(OCC(F)F)ccn23)cc(OC(F)F)c1C(=O)NC1CC1. The Morgan fingerprint density at radius 2 is 1.97 bits per heavy atom. The van der Waals surface area contributed by atoms with Crippen LogP contribution in [0.2, 0.25) is 0 Å². The zero-order valence-corrected chi connectivity index (χ0v) is 16.9. The van der Waals surface area contributed by atoms with Crippen molar-refractivity contribution in [3.63, 3.8) is 0 Å². The first-order chi connectivity index (χ1) is 15.4. The van der Waals surface area contributed by atoms with Gasteiger partial charge in [-0.3, -0.25) is 9.20 Å². The zero-order chi connectivity index (χ0) is 22.8. The van der Waals surface area contributed by atoms with Crippen LogP contribution in [0.3, 0.4) is 0 Å². The van der Waals surface area contributed by atoms with E-state index in [0.29, 0.717) is 16.9 Å². The maximum absolute atomic E-state index is 13.1. The highest BCUT2D eigenvalue weighted by Gasteiger charge is 2.29. The number of carbonyl (C=O) groups excluding carboxylic acids is 1. The number of hydrogen-bond donors (Lipinski definition) is 1. The van der Waals surface area contributed by atoms with Crippen molar-refractivity contribution in [1.82, 2.24) is 14.7 Å². The average Bonchev–Trinajstić information content (AvgIpc) is 3.46. The lowest BCUT2D eigenvalue weighted by Crippen LogP contribution is -2.26. The molecule has 0 saturated heterocycles. The molecule has 1 saturated carbocycles. The summed E-state index contributed by atoms with van der Waals surface area (Å²) in [4.78, 5) is 16.9. The molecule has 4 rings (SSSR count). The molecule has 0 atom stereocenters. The molecule has 3 aromatic rings. The van der Waals surface area contributed by atoms with E-state index in [1.807, 2.05) is 0 Å². The molecule has 0 bridgehead atoms. The Hall–Kier alpha value is -3.50. The van der Waals surface area contributed by atoms with Gasteiger partial charge in [-0.2, -0.15) is 8.78 Å². The Labute approximate surface area is 179 Å². The summed E-state index contributed by atoms with van der Waals surface area (Å²) in [7, 11) is 1.32. The molecule has 0 unspecified atom stereocenters. The fraction of sp³-hybridized carbons (Fsp3) is 0.333. The molecule has 11 heteroatoms. The normalized spacial score (nSPS) is 13.6. The van der Waals surface area contributed by atoms with Gasteiger partial charge in [0.25, 0.3) is 12.3 Å². The van der Waals surface area contributed by atoms with Crippen LogP contribution in [0.5, 0.6) is 17.2 Å². The van der Waals surface area contributed by atoms with Crippen molar-refractivity contribution in [3.05, 3.63) is 42.2 Å². The Morgan fingerprint density at radius 3 is 2.62 bits per heavy atom. The lowest BCUT2D eigenvalue weighted by atomic mass is 10.1. The van der Waals surface area contributed by atoms with Crippen LogP contribution in [0.25, 0.3) is 16.9 Å². The predicted octanol–water partition coefficient (Wildman–Crippen LogP) is 4.15. The van der Waals surface area contributed by atoms with E-state index in [4.69, 9.17) is 9.47 Å². The van der Waals surface area contributed by atoms with E-state index in [9.17, 15) is 22.4 Å². The molecule has 0 aliphatic heterocycles. The summed E-state index contributed by atoms with van der Waals surface area (Å²) >= 11 is 0. The number of nitrogens with one attached hydrogen (secondary N) is 1. The second-order valence-electron chi connectivity index (χ2n) is 7.11. The standard InChI is InChI=1S/C21H19F4N3O4/c1-30-15-6-11(7-16(32-21(24)25)19(15)20(29)27-12-2-3-12)14-9-26-18-8-13(4-5-28(14)18)31-10-17(22)23/h4-9,12,17,21H,2-3,10H2,1H3,(H,27,29). The van der Waals surface area contributed by atoms with Gasteiger partial charge in [-0.1, -0.05) is 0 Å². The van der Waals surface area contributed by atoms with Crippen molar-refractivity contribution < 1.29 is 36.6 Å². The molecule has 0 spiro atoms. The fourth-order valence-electron chi connectivity index (χ4n) is 3.22. The van der Waals surface area contributed by atoms with Gasteiger partial charge in [-0.15, -0.1) is 0 Å². The molecule has 1 N–H and O–H groups in total. The van der Waals surface area contributed by atoms with Crippen LogP contribution in [0.15, 0.2) is 36.7 Å². The number of benzene rings is 1. The number of halogens is 4. The molecule has 1 aliphatic carbocycles. The minimum absolute atomic E-state index is 0.00606. The predicted molar refractivity (Wildman–Crippen MR) is 106 cm³/mol. The van der Waals surface area contributed by atoms with Crippen molar-refractivity contribution in [1.29, 1.82) is 0 Å². The van der Waals surface area contributed by atoms with Gasteiger partial charge in [-0.25, -0.2) is 13.8 Å². The number of pyridine rings is 1. The second-order valence-corrected chi connectivity index (χ2v) is 7.11. The monoisotopic (exact) mass is 453 g/mol. The fourth-order valence-corrected chi connectivity index (χ4v) is 3.22. The second kappa shape index (κ2) is 8.93. The summed E-state index contributed by atoms with van der Waals surface area (Å²) in [6, 6.07) is 5.78. The Kier molecular flexibility index (Phi) is 6.06. The number of alkyl halides is 4. The van der Waals surface area contributed by atoms with Crippen LogP contribution in [-0.4, -0.2) is 48.1 Å². The minimum Gasteiger partial charge on any atom is -0.496 e. The number of aromatic nitrogens is 2. The Morgan fingerprint density at radius 1 is 1.22 bits per heavy atom. The number of hydrogen-bond acceptors (Lipinski definition) is 5. The molecular formula is C21H19F4N3O4. The molecule has 1 amide bonds. The summed E-state index contributed by atoms with van der Waals surface area (Å²) in [5.74, 6) is -0.630. The molecule has 7 nitrogen and oxygen atoms in total. The van der Waals surface area contributed by atoms with Gasteiger partial charge in [0.15, 0.2) is 0 Å². The first kappa shape index (κ1) is 21.7. The van der Waals surface area contributed by atoms with Gasteiger partial charge < -0.3 is 19.5 Å². The van der Waals surface area contributed by atoms with Crippen molar-refractivity contribution in [3.8, 4) is 28.5 Å². The van der Waals surface area contributed by atoms with E-state index in [1.54, 1.807) is 10.6 Å². The first-order valence-corrected chi connectivity index (χ1v) is 9.72. The number of amides is 1. The molecule has 1 aromatic carbocycles. The lowest BCUT2D eigenvalue weighted by molar-refractivity contribution is -0.0502. The van der Waals surface area contributed by atoms with Gasteiger partial charge in [0.2, 0.25) is 0 Å². The van der Waals surface area contributed by atoms with E-state index in [2.05, 4.69) is 15.0 Å². The van der Waals surface area contributed by atoms with Crippen LogP contribution in [0.1, 0.15) is 23.2 Å². The molecular weight excluding hydrogens is 434 g/mol. The van der Waals surface area contributed by atoms with Crippen LogP contribution in [-0.2, 0) is 0 Å². The number of nitrogens with zero attached hydrogens (tertiary/aromatic N) is 2. The summed E-state index contributed by atoms with van der Waals surface area (Å²) in [5.41, 5.74) is 1.14. The maximum atomic E-state index is 13.1. The number of fused-ring (bicyclic) bond motifs is 1. The third kappa shape index (κ3) is 4.71. The largest absolute Gasteiger partial charge is 0.496 e. The Bertz CT molecular complexity index is 1130. The average molecular weight is 453 g/mol. The summed E-state index contributed by atoms with van der Waals surface area (Å²) in [6.07, 6.45) is 2.05. The van der Waals surface area contributed by atoms with E-state index < -0.39 is 25.6 Å². The van der Waals surface area contributed by atoms with Crippen molar-refractivity contribution in [2.75, 3.05) is 13.7 Å². The highest BCUT2D eigenvalue weighted by atomic mass is 19.3. The van der Waals surface area contributed by atoms with Gasteiger partial charge in [0, 0.05) is 23.9 Å². The molecule has 1 fully saturated rings. The third-order valence-electron chi connectivity index (χ3n) is 4.80. The lowest BCUT2D eigenvalue weighted by Gasteiger charge is -2.16. The summed E-state index contributed by atoms with van der Waals surface area (Å²) in [5, 5.41) is 2.74. The van der Waals surface area contributed by atoms with Crippen LogP contribution in [0.4, 0.5) is 17.6 Å². The molecule has 170 valence electrons. The molecule has 2 heterocycles. The van der Waals surface area contributed by atoms with E-state index >= 15 is 0 Å². The molecule has 32 heavy (non-hydrogen) atoms. The molecule has 2 aromatic heterocycles. The number of methoxy groups -OCH3 is 1. The van der Waals surface area contributed by atoms with Crippen LogP contribution < -0.4 is 19.5 Å². The summed E-state index contributed by atoms with van der Waals surface area (Å²) in [6.45, 7) is -3.90. The highest BCUT2D eigenvalue weighted by molar-refractivity contribution is 6.01. The molecule has 1 aliphatic rings. The van der Waals surface area contributed by atoms with Crippen LogP contribution in [0, 0.1) is 0 Å². The number of rotatable bonds is 9. The number of carbonyl (C=O) groups is 1. The minimum atomic E-state index is -3.15. The Balaban J connectivity index is 1.74. The van der Waals surface area contributed by atoms with E-state index in [1.165, 1.54) is 37.6 Å². The first-order valence-electron chi connectivity index (χ1n) is 9.72. The van der Waals surface area contributed by atoms with Crippen molar-refractivity contribution in [2.24, 2.45) is 0 Å². The summed E-state index contributed by atoms with van der Waals surface area (Å²) < 4.78 is 67.5. The zero-order valence-electron chi connectivity index (χ0n) is 16.9. The van der Waals surface area contributed by atoms with Gasteiger partial charge >= 0.3 is 6.61 Å². The number of ether oxygens (including phenoxy) is 3. The van der Waals surface area contributed by atoms with Crippen molar-refractivity contribution >= 4 is 11.6 Å². The van der Waals surface area contributed by atoms with Crippen molar-refractivity contribution in [2.45, 2.75) is 31.9 Å². The van der Waals surface area contributed by atoms with E-state index in [0.717, 1.165) is 12.8 Å². The maximum Gasteiger partial charge on any atom is 0.387 e. The third-order valence-corrected chi connectivity index (χ3v) is 4.80. The molecule has 0 radical (unpaired) electrons. The smallest absolute Gasteiger partial charge is 0.387 e. The van der Waals surface area contributed by atoms with Gasteiger partial charge in [0.1, 0.15) is 35.1 Å². The topological polar surface area (TPSA) is 74.1 Å². The van der Waals surface area contributed by atoms with Gasteiger partial charge in [0.05, 0.1) is 19.0 Å². The quantitative estimate of drug-likeness (QED) is 0.493. The van der Waals surface area contributed by atoms with Crippen LogP contribution >= 0.6 is 0 Å². The van der Waals surface area contributed by atoms with Gasteiger partial charge in [-0.05, 0) is 31.0 Å². The highest BCUT2D eigenvalue weighted by Crippen LogP contribution is 2.37. The number of imidazole rings is 1. The van der Waals surface area contributed by atoms with E-state index in [-0.39, 0.29) is 28.9 Å².